The number of likely N-dealkylation sites (N-methyl/N-ethyl adjacent to an activating group) is 2. The van der Waals surface area contributed by atoms with E-state index in [0.29, 0.717) is 6.42 Å². The van der Waals surface area contributed by atoms with Gasteiger partial charge >= 0.3 is 5.97 Å². The van der Waals surface area contributed by atoms with Crippen molar-refractivity contribution in [2.24, 2.45) is 0 Å². The molecule has 0 amide bonds. The summed E-state index contributed by atoms with van der Waals surface area (Å²) in [5, 5.41) is 0. The molecule has 0 aromatic carbocycles. The standard InChI is InChI=1S/C16H35N3O2/c1-6-17(7-2)12-14-19(11-10-16(20)21-5)15-13-18(8-3)9-4/h6-15H2,1-5H3. The molecular formula is C16H35N3O2. The molecule has 0 heterocycles. The summed E-state index contributed by atoms with van der Waals surface area (Å²) in [6.07, 6.45) is 0.479. The van der Waals surface area contributed by atoms with Gasteiger partial charge in [0.1, 0.15) is 0 Å². The maximum absolute atomic E-state index is 11.3. The van der Waals surface area contributed by atoms with E-state index in [1.165, 1.54) is 7.11 Å². The minimum absolute atomic E-state index is 0.120. The third-order valence-corrected chi connectivity index (χ3v) is 4.11. The lowest BCUT2D eigenvalue weighted by molar-refractivity contribution is -0.141. The van der Waals surface area contributed by atoms with Gasteiger partial charge in [0.15, 0.2) is 0 Å². The van der Waals surface area contributed by atoms with E-state index in [0.717, 1.165) is 58.9 Å². The number of carbonyl (C=O) groups is 1. The molecule has 0 fully saturated rings. The van der Waals surface area contributed by atoms with Crippen LogP contribution in [0.4, 0.5) is 0 Å². The minimum atomic E-state index is -0.120. The summed E-state index contributed by atoms with van der Waals surface area (Å²) in [7, 11) is 1.46. The van der Waals surface area contributed by atoms with Gasteiger partial charge in [0, 0.05) is 32.7 Å². The molecule has 126 valence electrons. The topological polar surface area (TPSA) is 36.0 Å². The number of esters is 1. The normalized spacial score (nSPS) is 11.6. The van der Waals surface area contributed by atoms with Crippen molar-refractivity contribution >= 4 is 5.97 Å². The van der Waals surface area contributed by atoms with Crippen molar-refractivity contribution in [2.75, 3.05) is 66.0 Å². The molecule has 0 saturated carbocycles. The number of nitrogens with zero attached hydrogens (tertiary/aromatic N) is 3. The molecule has 0 radical (unpaired) electrons. The molecule has 0 atom stereocenters. The van der Waals surface area contributed by atoms with Gasteiger partial charge in [0.05, 0.1) is 13.5 Å². The van der Waals surface area contributed by atoms with Gasteiger partial charge in [-0.2, -0.15) is 0 Å². The third-order valence-electron chi connectivity index (χ3n) is 4.11. The highest BCUT2D eigenvalue weighted by Crippen LogP contribution is 1.98. The van der Waals surface area contributed by atoms with Crippen LogP contribution in [-0.4, -0.2) is 86.7 Å². The van der Waals surface area contributed by atoms with Crippen LogP contribution in [0.2, 0.25) is 0 Å². The highest BCUT2D eigenvalue weighted by atomic mass is 16.5. The second-order valence-electron chi connectivity index (χ2n) is 5.22. The summed E-state index contributed by atoms with van der Waals surface area (Å²) >= 11 is 0. The van der Waals surface area contributed by atoms with E-state index in [-0.39, 0.29) is 5.97 Å². The second-order valence-corrected chi connectivity index (χ2v) is 5.22. The van der Waals surface area contributed by atoms with Gasteiger partial charge in [-0.3, -0.25) is 4.79 Å². The number of methoxy groups -OCH3 is 1. The van der Waals surface area contributed by atoms with Gasteiger partial charge in [-0.25, -0.2) is 0 Å². The predicted molar refractivity (Wildman–Crippen MR) is 88.6 cm³/mol. The van der Waals surface area contributed by atoms with E-state index in [1.54, 1.807) is 0 Å². The average molecular weight is 301 g/mol. The number of hydrogen-bond acceptors (Lipinski definition) is 5. The Morgan fingerprint density at radius 2 is 1.10 bits per heavy atom. The maximum atomic E-state index is 11.3. The summed E-state index contributed by atoms with van der Waals surface area (Å²) in [5.74, 6) is -0.120. The van der Waals surface area contributed by atoms with E-state index in [1.807, 2.05) is 0 Å². The number of rotatable bonds is 13. The van der Waals surface area contributed by atoms with Gasteiger partial charge in [0.2, 0.25) is 0 Å². The van der Waals surface area contributed by atoms with Crippen LogP contribution < -0.4 is 0 Å². The summed E-state index contributed by atoms with van der Waals surface area (Å²) in [5.41, 5.74) is 0. The zero-order valence-corrected chi connectivity index (χ0v) is 14.7. The van der Waals surface area contributed by atoms with E-state index in [9.17, 15) is 4.79 Å². The van der Waals surface area contributed by atoms with Crippen LogP contribution in [0.5, 0.6) is 0 Å². The van der Waals surface area contributed by atoms with E-state index < -0.39 is 0 Å². The summed E-state index contributed by atoms with van der Waals surface area (Å²) in [4.78, 5) is 18.6. The van der Waals surface area contributed by atoms with Gasteiger partial charge < -0.3 is 19.4 Å². The molecule has 0 saturated heterocycles. The van der Waals surface area contributed by atoms with Gasteiger partial charge in [-0.15, -0.1) is 0 Å². The molecule has 0 aliphatic heterocycles. The van der Waals surface area contributed by atoms with Crippen LogP contribution in [0.25, 0.3) is 0 Å². The molecule has 0 unspecified atom stereocenters. The molecule has 0 aliphatic carbocycles. The molecule has 0 aliphatic rings. The van der Waals surface area contributed by atoms with Crippen molar-refractivity contribution in [1.82, 2.24) is 14.7 Å². The lowest BCUT2D eigenvalue weighted by Gasteiger charge is -2.28. The number of carbonyl (C=O) groups excluding carboxylic acids is 1. The molecule has 0 N–H and O–H groups in total. The van der Waals surface area contributed by atoms with Crippen molar-refractivity contribution in [2.45, 2.75) is 34.1 Å². The zero-order valence-electron chi connectivity index (χ0n) is 14.7. The molecular weight excluding hydrogens is 266 g/mol. The Morgan fingerprint density at radius 3 is 1.43 bits per heavy atom. The van der Waals surface area contributed by atoms with Crippen molar-refractivity contribution in [3.8, 4) is 0 Å². The van der Waals surface area contributed by atoms with Crippen LogP contribution in [-0.2, 0) is 9.53 Å². The van der Waals surface area contributed by atoms with Crippen LogP contribution >= 0.6 is 0 Å². The first kappa shape index (κ1) is 20.3. The Bertz CT molecular complexity index is 238. The van der Waals surface area contributed by atoms with Crippen molar-refractivity contribution in [3.63, 3.8) is 0 Å². The minimum Gasteiger partial charge on any atom is -0.469 e. The van der Waals surface area contributed by atoms with Crippen molar-refractivity contribution < 1.29 is 9.53 Å². The predicted octanol–water partition coefficient (Wildman–Crippen LogP) is 1.54. The van der Waals surface area contributed by atoms with Crippen molar-refractivity contribution in [1.29, 1.82) is 0 Å². The third kappa shape index (κ3) is 9.82. The van der Waals surface area contributed by atoms with Crippen LogP contribution in [0.1, 0.15) is 34.1 Å². The lowest BCUT2D eigenvalue weighted by Crippen LogP contribution is -2.40. The fourth-order valence-corrected chi connectivity index (χ4v) is 2.33. The zero-order chi connectivity index (χ0) is 16.1. The van der Waals surface area contributed by atoms with Gasteiger partial charge in [-0.05, 0) is 26.2 Å². The van der Waals surface area contributed by atoms with Gasteiger partial charge in [0.25, 0.3) is 0 Å². The van der Waals surface area contributed by atoms with Crippen LogP contribution in [0.15, 0.2) is 0 Å². The molecule has 5 heteroatoms. The average Bonchev–Trinajstić information content (AvgIpc) is 2.52. The Kier molecular flexibility index (Phi) is 12.6. The molecule has 0 rings (SSSR count). The second kappa shape index (κ2) is 13.0. The molecule has 21 heavy (non-hydrogen) atoms. The van der Waals surface area contributed by atoms with E-state index in [2.05, 4.69) is 42.4 Å². The first-order valence-electron chi connectivity index (χ1n) is 8.34. The first-order chi connectivity index (χ1) is 10.1. The fourth-order valence-electron chi connectivity index (χ4n) is 2.33. The van der Waals surface area contributed by atoms with Crippen LogP contribution in [0, 0.1) is 0 Å². The molecule has 0 bridgehead atoms. The lowest BCUT2D eigenvalue weighted by atomic mass is 10.3. The summed E-state index contributed by atoms with van der Waals surface area (Å²) in [6, 6.07) is 0. The highest BCUT2D eigenvalue weighted by molar-refractivity contribution is 5.69. The van der Waals surface area contributed by atoms with Crippen LogP contribution in [0.3, 0.4) is 0 Å². The fraction of sp³-hybridized carbons (Fsp3) is 0.938. The Hall–Kier alpha value is -0.650. The van der Waals surface area contributed by atoms with Gasteiger partial charge in [-0.1, -0.05) is 27.7 Å². The maximum Gasteiger partial charge on any atom is 0.306 e. The molecule has 0 spiro atoms. The SMILES string of the molecule is CCN(CC)CCN(CCC(=O)OC)CCN(CC)CC. The summed E-state index contributed by atoms with van der Waals surface area (Å²) in [6.45, 7) is 18.0. The quantitative estimate of drug-likeness (QED) is 0.482. The monoisotopic (exact) mass is 301 g/mol. The number of hydrogen-bond donors (Lipinski definition) is 0. The largest absolute Gasteiger partial charge is 0.469 e. The number of ether oxygens (including phenoxy) is 1. The summed E-state index contributed by atoms with van der Waals surface area (Å²) < 4.78 is 4.75. The Morgan fingerprint density at radius 1 is 0.714 bits per heavy atom. The van der Waals surface area contributed by atoms with Crippen molar-refractivity contribution in [3.05, 3.63) is 0 Å². The molecule has 0 aromatic heterocycles. The molecule has 5 nitrogen and oxygen atoms in total. The smallest absolute Gasteiger partial charge is 0.306 e. The first-order valence-corrected chi connectivity index (χ1v) is 8.34. The molecule has 0 aromatic rings. The Balaban J connectivity index is 4.28. The Labute approximate surface area is 131 Å². The van der Waals surface area contributed by atoms with E-state index >= 15 is 0 Å². The highest BCUT2D eigenvalue weighted by Gasteiger charge is 2.11. The van der Waals surface area contributed by atoms with E-state index in [4.69, 9.17) is 4.74 Å².